The van der Waals surface area contributed by atoms with Crippen LogP contribution < -0.4 is 0 Å². The predicted octanol–water partition coefficient (Wildman–Crippen LogP) is 5.79. The van der Waals surface area contributed by atoms with Crippen LogP contribution in [0, 0.1) is 6.92 Å². The second kappa shape index (κ2) is 5.20. The van der Waals surface area contributed by atoms with E-state index in [1.807, 2.05) is 22.7 Å². The summed E-state index contributed by atoms with van der Waals surface area (Å²) in [5, 5.41) is 3.73. The highest BCUT2D eigenvalue weighted by molar-refractivity contribution is 7.11. The lowest BCUT2D eigenvalue weighted by molar-refractivity contribution is 0.502. The minimum absolute atomic E-state index is 0.623. The first-order chi connectivity index (χ1) is 10.1. The molecule has 21 heavy (non-hydrogen) atoms. The van der Waals surface area contributed by atoms with E-state index in [1.54, 1.807) is 20.9 Å². The maximum Gasteiger partial charge on any atom is 0.0900 e. The molecule has 0 spiro atoms. The van der Waals surface area contributed by atoms with Gasteiger partial charge in [0, 0.05) is 15.7 Å². The van der Waals surface area contributed by atoms with Gasteiger partial charge in [-0.25, -0.2) is 4.98 Å². The van der Waals surface area contributed by atoms with Gasteiger partial charge in [-0.3, -0.25) is 0 Å². The summed E-state index contributed by atoms with van der Waals surface area (Å²) in [5.74, 6) is 2.13. The van der Waals surface area contributed by atoms with E-state index >= 15 is 0 Å². The quantitative estimate of drug-likeness (QED) is 0.649. The van der Waals surface area contributed by atoms with Crippen molar-refractivity contribution in [3.63, 3.8) is 0 Å². The summed E-state index contributed by atoms with van der Waals surface area (Å²) in [7, 11) is 0. The van der Waals surface area contributed by atoms with Crippen molar-refractivity contribution in [2.45, 2.75) is 70.6 Å². The van der Waals surface area contributed by atoms with Crippen LogP contribution in [-0.4, -0.2) is 4.98 Å². The number of aromatic nitrogens is 1. The molecule has 1 unspecified atom stereocenters. The fraction of sp³-hybridized carbons (Fsp3) is 0.611. The van der Waals surface area contributed by atoms with Crippen LogP contribution in [0.15, 0.2) is 5.38 Å². The molecule has 112 valence electrons. The SMILES string of the molecule is Cc1nc2c(s1)CC(c1csc3c1[C@H](C)CCC3)C[C@H]2C. The number of nitrogens with zero attached hydrogens (tertiary/aromatic N) is 1. The van der Waals surface area contributed by atoms with Gasteiger partial charge in [0.1, 0.15) is 0 Å². The van der Waals surface area contributed by atoms with E-state index in [4.69, 9.17) is 4.98 Å². The third-order valence-corrected chi connectivity index (χ3v) is 7.37. The van der Waals surface area contributed by atoms with Crippen molar-refractivity contribution in [1.82, 2.24) is 4.98 Å². The predicted molar refractivity (Wildman–Crippen MR) is 92.0 cm³/mol. The van der Waals surface area contributed by atoms with Gasteiger partial charge >= 0.3 is 0 Å². The zero-order chi connectivity index (χ0) is 14.6. The van der Waals surface area contributed by atoms with Crippen LogP contribution >= 0.6 is 22.7 Å². The summed E-state index contributed by atoms with van der Waals surface area (Å²) < 4.78 is 0. The Morgan fingerprint density at radius 1 is 1.19 bits per heavy atom. The van der Waals surface area contributed by atoms with Crippen LogP contribution in [0.5, 0.6) is 0 Å². The van der Waals surface area contributed by atoms with E-state index in [9.17, 15) is 0 Å². The normalized spacial score (nSPS) is 28.2. The van der Waals surface area contributed by atoms with Crippen molar-refractivity contribution < 1.29 is 0 Å². The number of rotatable bonds is 1. The fourth-order valence-corrected chi connectivity index (χ4v) is 6.74. The van der Waals surface area contributed by atoms with Crippen LogP contribution in [0.3, 0.4) is 0 Å². The van der Waals surface area contributed by atoms with Crippen LogP contribution in [0.2, 0.25) is 0 Å². The van der Waals surface area contributed by atoms with E-state index in [0.29, 0.717) is 5.92 Å². The van der Waals surface area contributed by atoms with Crippen LogP contribution in [0.1, 0.15) is 82.4 Å². The number of aryl methyl sites for hydroxylation is 2. The molecule has 1 nitrogen and oxygen atoms in total. The molecule has 3 atom stereocenters. The highest BCUT2D eigenvalue weighted by Gasteiger charge is 2.32. The standard InChI is InChI=1S/C18H23NS2/c1-10-5-4-6-15-17(10)14(9-20-15)13-7-11(2)18-16(8-13)21-12(3)19-18/h9-11,13H,4-8H2,1-3H3/t10-,11-,13?/m1/s1. The number of thiophene rings is 1. The molecule has 0 N–H and O–H groups in total. The molecule has 2 aromatic rings. The van der Waals surface area contributed by atoms with Crippen LogP contribution in [-0.2, 0) is 12.8 Å². The van der Waals surface area contributed by atoms with E-state index in [1.165, 1.54) is 42.8 Å². The smallest absolute Gasteiger partial charge is 0.0900 e. The first kappa shape index (κ1) is 14.0. The molecule has 0 aliphatic heterocycles. The van der Waals surface area contributed by atoms with Gasteiger partial charge in [0.05, 0.1) is 10.7 Å². The average molecular weight is 318 g/mol. The summed E-state index contributed by atoms with van der Waals surface area (Å²) in [5.41, 5.74) is 4.81. The summed E-state index contributed by atoms with van der Waals surface area (Å²) >= 11 is 3.95. The number of hydrogen-bond acceptors (Lipinski definition) is 3. The van der Waals surface area contributed by atoms with Crippen molar-refractivity contribution in [2.75, 3.05) is 0 Å². The largest absolute Gasteiger partial charge is 0.246 e. The van der Waals surface area contributed by atoms with Gasteiger partial charge in [-0.05, 0) is 67.4 Å². The van der Waals surface area contributed by atoms with Gasteiger partial charge in [-0.1, -0.05) is 13.8 Å². The second-order valence-electron chi connectivity index (χ2n) is 6.90. The van der Waals surface area contributed by atoms with Gasteiger partial charge in [-0.15, -0.1) is 22.7 Å². The Hall–Kier alpha value is -0.670. The maximum absolute atomic E-state index is 4.77. The Morgan fingerprint density at radius 2 is 2.05 bits per heavy atom. The lowest BCUT2D eigenvalue weighted by Gasteiger charge is -2.29. The summed E-state index contributed by atoms with van der Waals surface area (Å²) in [4.78, 5) is 8.01. The zero-order valence-corrected chi connectivity index (χ0v) is 14.7. The highest BCUT2D eigenvalue weighted by atomic mass is 32.1. The first-order valence-electron chi connectivity index (χ1n) is 8.19. The lowest BCUT2D eigenvalue weighted by atomic mass is 9.76. The minimum Gasteiger partial charge on any atom is -0.246 e. The Kier molecular flexibility index (Phi) is 3.46. The fourth-order valence-electron chi connectivity index (χ4n) is 4.30. The van der Waals surface area contributed by atoms with Gasteiger partial charge in [0.25, 0.3) is 0 Å². The van der Waals surface area contributed by atoms with E-state index in [-0.39, 0.29) is 0 Å². The molecule has 0 aromatic carbocycles. The van der Waals surface area contributed by atoms with E-state index in [0.717, 1.165) is 11.8 Å². The maximum atomic E-state index is 4.77. The number of hydrogen-bond donors (Lipinski definition) is 0. The molecule has 0 saturated carbocycles. The van der Waals surface area contributed by atoms with Crippen molar-refractivity contribution in [3.8, 4) is 0 Å². The topological polar surface area (TPSA) is 12.9 Å². The van der Waals surface area contributed by atoms with Gasteiger partial charge < -0.3 is 0 Å². The third-order valence-electron chi connectivity index (χ3n) is 5.28. The molecule has 2 heterocycles. The molecule has 2 aromatic heterocycles. The average Bonchev–Trinajstić information content (AvgIpc) is 3.02. The number of thiazole rings is 1. The van der Waals surface area contributed by atoms with Gasteiger partial charge in [0.2, 0.25) is 0 Å². The summed E-state index contributed by atoms with van der Waals surface area (Å²) in [6.45, 7) is 6.95. The molecular formula is C18H23NS2. The zero-order valence-electron chi connectivity index (χ0n) is 13.1. The lowest BCUT2D eigenvalue weighted by Crippen LogP contribution is -2.17. The van der Waals surface area contributed by atoms with Crippen molar-refractivity contribution in [2.24, 2.45) is 0 Å². The molecule has 2 aliphatic rings. The number of fused-ring (bicyclic) bond motifs is 2. The first-order valence-corrected chi connectivity index (χ1v) is 9.89. The Labute approximate surface area is 135 Å². The Balaban J connectivity index is 1.71. The van der Waals surface area contributed by atoms with Gasteiger partial charge in [-0.2, -0.15) is 0 Å². The van der Waals surface area contributed by atoms with E-state index in [2.05, 4.69) is 26.2 Å². The summed E-state index contributed by atoms with van der Waals surface area (Å²) in [6, 6.07) is 0. The Morgan fingerprint density at radius 3 is 2.90 bits per heavy atom. The highest BCUT2D eigenvalue weighted by Crippen LogP contribution is 2.47. The molecule has 0 bridgehead atoms. The monoisotopic (exact) mass is 317 g/mol. The molecule has 2 aliphatic carbocycles. The minimum atomic E-state index is 0.623. The second-order valence-corrected chi connectivity index (χ2v) is 9.15. The van der Waals surface area contributed by atoms with Crippen LogP contribution in [0.25, 0.3) is 0 Å². The van der Waals surface area contributed by atoms with Crippen molar-refractivity contribution in [3.05, 3.63) is 37.0 Å². The molecule has 0 saturated heterocycles. The Bertz CT molecular complexity index is 667. The van der Waals surface area contributed by atoms with Crippen molar-refractivity contribution in [1.29, 1.82) is 0 Å². The molecule has 4 rings (SSSR count). The molecule has 3 heteroatoms. The van der Waals surface area contributed by atoms with Crippen molar-refractivity contribution >= 4 is 22.7 Å². The van der Waals surface area contributed by atoms with E-state index < -0.39 is 0 Å². The molecule has 0 amide bonds. The van der Waals surface area contributed by atoms with Crippen LogP contribution in [0.4, 0.5) is 0 Å². The third kappa shape index (κ3) is 2.29. The summed E-state index contributed by atoms with van der Waals surface area (Å²) in [6.07, 6.45) is 6.59. The molecular weight excluding hydrogens is 294 g/mol. The molecule has 0 radical (unpaired) electrons. The van der Waals surface area contributed by atoms with Gasteiger partial charge in [0.15, 0.2) is 0 Å². The molecule has 0 fully saturated rings.